The summed E-state index contributed by atoms with van der Waals surface area (Å²) in [4.78, 5) is 14.3. The molecule has 23 heavy (non-hydrogen) atoms. The van der Waals surface area contributed by atoms with Gasteiger partial charge in [-0.05, 0) is 42.9 Å². The van der Waals surface area contributed by atoms with E-state index in [9.17, 15) is 4.79 Å². The third kappa shape index (κ3) is 3.92. The van der Waals surface area contributed by atoms with E-state index in [2.05, 4.69) is 23.2 Å². The van der Waals surface area contributed by atoms with Crippen LogP contribution in [0.1, 0.15) is 43.7 Å². The average Bonchev–Trinajstić information content (AvgIpc) is 3.44. The van der Waals surface area contributed by atoms with Gasteiger partial charge in [-0.2, -0.15) is 5.26 Å². The van der Waals surface area contributed by atoms with Gasteiger partial charge in [-0.3, -0.25) is 4.79 Å². The molecule has 1 heterocycles. The van der Waals surface area contributed by atoms with Gasteiger partial charge in [0.25, 0.3) is 0 Å². The minimum Gasteiger partial charge on any atom is -0.342 e. The topological polar surface area (TPSA) is 56.1 Å². The van der Waals surface area contributed by atoms with Gasteiger partial charge in [0.15, 0.2) is 0 Å². The Hall–Kier alpha value is -1.86. The van der Waals surface area contributed by atoms with Crippen LogP contribution in [0, 0.1) is 23.2 Å². The summed E-state index contributed by atoms with van der Waals surface area (Å²) in [6.07, 6.45) is 4.31. The lowest BCUT2D eigenvalue weighted by atomic mass is 9.89. The molecule has 0 unspecified atom stereocenters. The fourth-order valence-corrected chi connectivity index (χ4v) is 3.45. The molecule has 1 aromatic rings. The molecule has 2 atom stereocenters. The molecule has 4 heteroatoms. The van der Waals surface area contributed by atoms with Crippen molar-refractivity contribution in [3.63, 3.8) is 0 Å². The maximum absolute atomic E-state index is 12.2. The molecule has 1 aliphatic carbocycles. The molecule has 0 bridgehead atoms. The molecule has 2 aliphatic rings. The van der Waals surface area contributed by atoms with Gasteiger partial charge in [0.2, 0.25) is 5.91 Å². The number of benzene rings is 1. The molecule has 1 aromatic carbocycles. The van der Waals surface area contributed by atoms with Gasteiger partial charge >= 0.3 is 0 Å². The monoisotopic (exact) mass is 311 g/mol. The molecular formula is C19H25N3O. The van der Waals surface area contributed by atoms with Gasteiger partial charge < -0.3 is 10.2 Å². The van der Waals surface area contributed by atoms with Crippen LogP contribution in [0.4, 0.5) is 0 Å². The van der Waals surface area contributed by atoms with Crippen molar-refractivity contribution in [3.8, 4) is 6.07 Å². The maximum Gasteiger partial charge on any atom is 0.225 e. The van der Waals surface area contributed by atoms with Crippen LogP contribution in [0.3, 0.4) is 0 Å². The number of nitriles is 1. The van der Waals surface area contributed by atoms with Crippen LogP contribution >= 0.6 is 0 Å². The largest absolute Gasteiger partial charge is 0.342 e. The van der Waals surface area contributed by atoms with Crippen molar-refractivity contribution in [1.82, 2.24) is 10.2 Å². The number of rotatable bonds is 5. The van der Waals surface area contributed by atoms with Gasteiger partial charge in [0.05, 0.1) is 11.6 Å². The predicted molar refractivity (Wildman–Crippen MR) is 89.5 cm³/mol. The number of hydrogen-bond donors (Lipinski definition) is 1. The third-order valence-corrected chi connectivity index (χ3v) is 5.15. The zero-order valence-corrected chi connectivity index (χ0v) is 13.8. The van der Waals surface area contributed by atoms with Crippen LogP contribution in [0.2, 0.25) is 0 Å². The van der Waals surface area contributed by atoms with Gasteiger partial charge in [0, 0.05) is 31.6 Å². The smallest absolute Gasteiger partial charge is 0.225 e. The van der Waals surface area contributed by atoms with E-state index >= 15 is 0 Å². The lowest BCUT2D eigenvalue weighted by Gasteiger charge is -2.39. The van der Waals surface area contributed by atoms with Crippen LogP contribution < -0.4 is 5.32 Å². The Morgan fingerprint density at radius 3 is 2.65 bits per heavy atom. The number of hydrogen-bond acceptors (Lipinski definition) is 3. The Balaban J connectivity index is 1.53. The quantitative estimate of drug-likeness (QED) is 0.909. The number of likely N-dealkylation sites (tertiary alicyclic amines) is 1. The molecule has 2 fully saturated rings. The van der Waals surface area contributed by atoms with E-state index < -0.39 is 0 Å². The van der Waals surface area contributed by atoms with Crippen molar-refractivity contribution >= 4 is 5.91 Å². The minimum absolute atomic E-state index is 0.329. The molecule has 3 rings (SSSR count). The van der Waals surface area contributed by atoms with Crippen molar-refractivity contribution in [1.29, 1.82) is 5.26 Å². The second-order valence-corrected chi connectivity index (χ2v) is 6.81. The van der Waals surface area contributed by atoms with Gasteiger partial charge in [-0.1, -0.05) is 25.5 Å². The summed E-state index contributed by atoms with van der Waals surface area (Å²) in [5.74, 6) is 1.24. The number of nitrogens with one attached hydrogen (secondary N) is 1. The highest BCUT2D eigenvalue weighted by molar-refractivity contribution is 5.81. The third-order valence-electron chi connectivity index (χ3n) is 5.15. The summed E-state index contributed by atoms with van der Waals surface area (Å²) < 4.78 is 0. The number of amides is 1. The highest BCUT2D eigenvalue weighted by Gasteiger charge is 2.37. The Bertz CT molecular complexity index is 586. The van der Waals surface area contributed by atoms with Crippen LogP contribution in [-0.4, -0.2) is 29.9 Å². The zero-order valence-electron chi connectivity index (χ0n) is 13.8. The molecule has 122 valence electrons. The summed E-state index contributed by atoms with van der Waals surface area (Å²) in [7, 11) is 0. The molecule has 1 amide bonds. The first-order valence-corrected chi connectivity index (χ1v) is 8.72. The lowest BCUT2D eigenvalue weighted by molar-refractivity contribution is -0.134. The standard InChI is InChI=1S/C19H25N3O/c1-2-16-13-22(19(23)17-7-8-17)10-9-18(16)21-12-15-5-3-14(11-20)4-6-15/h3-6,16-18,21H,2,7-10,12-13H2,1H3/t16-,18+/m1/s1. The predicted octanol–water partition coefficient (Wildman–Crippen LogP) is 2.68. The van der Waals surface area contributed by atoms with Gasteiger partial charge in [-0.25, -0.2) is 0 Å². The average molecular weight is 311 g/mol. The lowest BCUT2D eigenvalue weighted by Crippen LogP contribution is -2.51. The van der Waals surface area contributed by atoms with E-state index in [0.29, 0.717) is 29.3 Å². The second-order valence-electron chi connectivity index (χ2n) is 6.81. The summed E-state index contributed by atoms with van der Waals surface area (Å²) in [5, 5.41) is 12.5. The van der Waals surface area contributed by atoms with Crippen molar-refractivity contribution in [3.05, 3.63) is 35.4 Å². The number of carbonyl (C=O) groups is 1. The van der Waals surface area contributed by atoms with Crippen LogP contribution in [0.5, 0.6) is 0 Å². The molecule has 1 aliphatic heterocycles. The summed E-state index contributed by atoms with van der Waals surface area (Å²) in [6.45, 7) is 4.82. The Morgan fingerprint density at radius 1 is 1.30 bits per heavy atom. The molecule has 1 saturated heterocycles. The Morgan fingerprint density at radius 2 is 2.04 bits per heavy atom. The Labute approximate surface area is 138 Å². The molecular weight excluding hydrogens is 286 g/mol. The molecule has 0 spiro atoms. The highest BCUT2D eigenvalue weighted by Crippen LogP contribution is 2.33. The molecule has 1 saturated carbocycles. The van der Waals surface area contributed by atoms with Crippen molar-refractivity contribution in [2.24, 2.45) is 11.8 Å². The molecule has 0 aromatic heterocycles. The molecule has 4 nitrogen and oxygen atoms in total. The number of piperidine rings is 1. The van der Waals surface area contributed by atoms with E-state index in [-0.39, 0.29) is 0 Å². The van der Waals surface area contributed by atoms with E-state index in [1.54, 1.807) is 0 Å². The van der Waals surface area contributed by atoms with Crippen LogP contribution in [-0.2, 0) is 11.3 Å². The summed E-state index contributed by atoms with van der Waals surface area (Å²) in [5.41, 5.74) is 1.91. The van der Waals surface area contributed by atoms with Crippen LogP contribution in [0.25, 0.3) is 0 Å². The molecule has 0 radical (unpaired) electrons. The van der Waals surface area contributed by atoms with E-state index in [4.69, 9.17) is 5.26 Å². The van der Waals surface area contributed by atoms with Gasteiger partial charge in [0.1, 0.15) is 0 Å². The zero-order chi connectivity index (χ0) is 16.2. The normalized spacial score (nSPS) is 24.3. The van der Waals surface area contributed by atoms with E-state index in [0.717, 1.165) is 45.3 Å². The van der Waals surface area contributed by atoms with Crippen molar-refractivity contribution < 1.29 is 4.79 Å². The van der Waals surface area contributed by atoms with Crippen molar-refractivity contribution in [2.75, 3.05) is 13.1 Å². The first-order chi connectivity index (χ1) is 11.2. The summed E-state index contributed by atoms with van der Waals surface area (Å²) in [6, 6.07) is 10.4. The SMILES string of the molecule is CC[C@@H]1CN(C(=O)C2CC2)CC[C@@H]1NCc1ccc(C#N)cc1. The number of nitrogens with zero attached hydrogens (tertiary/aromatic N) is 2. The Kier molecular flexibility index (Phi) is 4.97. The molecule has 1 N–H and O–H groups in total. The minimum atomic E-state index is 0.329. The maximum atomic E-state index is 12.2. The van der Waals surface area contributed by atoms with Crippen molar-refractivity contribution in [2.45, 2.75) is 45.2 Å². The van der Waals surface area contributed by atoms with E-state index in [1.165, 1.54) is 5.56 Å². The second kappa shape index (κ2) is 7.14. The van der Waals surface area contributed by atoms with Gasteiger partial charge in [-0.15, -0.1) is 0 Å². The fourth-order valence-electron chi connectivity index (χ4n) is 3.45. The van der Waals surface area contributed by atoms with E-state index in [1.807, 2.05) is 24.3 Å². The first kappa shape index (κ1) is 16.0. The summed E-state index contributed by atoms with van der Waals surface area (Å²) >= 11 is 0. The first-order valence-electron chi connectivity index (χ1n) is 8.72. The van der Waals surface area contributed by atoms with Crippen LogP contribution in [0.15, 0.2) is 24.3 Å². The number of carbonyl (C=O) groups excluding carboxylic acids is 1. The fraction of sp³-hybridized carbons (Fsp3) is 0.579. The highest BCUT2D eigenvalue weighted by atomic mass is 16.2.